The number of carboxylic acids is 1. The lowest BCUT2D eigenvalue weighted by Crippen LogP contribution is -2.33. The number of carboxylic acid groups (broad SMARTS) is 1. The molecule has 0 bridgehead atoms. The molecule has 33 heavy (non-hydrogen) atoms. The number of hydrogen-bond donors (Lipinski definition) is 2. The minimum atomic E-state index is -2.37. The summed E-state index contributed by atoms with van der Waals surface area (Å²) in [4.78, 5) is 15.4. The van der Waals surface area contributed by atoms with E-state index < -0.39 is 23.3 Å². The van der Waals surface area contributed by atoms with Crippen LogP contribution >= 0.6 is 15.9 Å². The Hall–Kier alpha value is -3.27. The summed E-state index contributed by atoms with van der Waals surface area (Å²) in [6.07, 6.45) is 4.95. The van der Waals surface area contributed by atoms with Crippen LogP contribution in [0.2, 0.25) is 0 Å². The zero-order chi connectivity index (χ0) is 23.5. The van der Waals surface area contributed by atoms with Crippen LogP contribution in [0, 0.1) is 11.3 Å². The first-order chi connectivity index (χ1) is 15.9. The molecule has 170 valence electrons. The molecule has 0 fully saturated rings. The Labute approximate surface area is 200 Å². The van der Waals surface area contributed by atoms with Crippen LogP contribution in [-0.2, 0) is 29.0 Å². The summed E-state index contributed by atoms with van der Waals surface area (Å²) in [5.41, 5.74) is 2.36. The summed E-state index contributed by atoms with van der Waals surface area (Å²) < 4.78 is 31.4. The lowest BCUT2D eigenvalue weighted by Gasteiger charge is -2.32. The van der Waals surface area contributed by atoms with Crippen LogP contribution in [0.25, 0.3) is 0 Å². The predicted molar refractivity (Wildman–Crippen MR) is 122 cm³/mol. The second kappa shape index (κ2) is 9.70. The number of anilines is 1. The molecular weight excluding hydrogens is 514 g/mol. The maximum atomic E-state index is 12.4. The molecule has 1 aliphatic rings. The molecule has 0 saturated heterocycles. The number of pyridine rings is 1. The van der Waals surface area contributed by atoms with E-state index in [1.54, 1.807) is 36.5 Å². The fourth-order valence-corrected chi connectivity index (χ4v) is 4.94. The van der Waals surface area contributed by atoms with Gasteiger partial charge in [-0.1, -0.05) is 0 Å². The summed E-state index contributed by atoms with van der Waals surface area (Å²) in [6.45, 7) is -0.265. The highest BCUT2D eigenvalue weighted by molar-refractivity contribution is 9.10. The standard InChI is InChI=1S/C21H18BrN5O5S/c22-17-8-14(10-24-21(17)32-15-6-4-13(9-23)5-7-15)27(33(30)31)19-3-1-2-18-16(19)11-25-26(18)12-20(28)29/h4-8,10-11,19H,1-3,12H2,(H,28,29)(H,30,31). The number of fused-ring (bicyclic) bond motifs is 1. The number of nitriles is 1. The van der Waals surface area contributed by atoms with Crippen LogP contribution in [0.3, 0.4) is 0 Å². The number of benzene rings is 1. The van der Waals surface area contributed by atoms with Gasteiger partial charge in [0.25, 0.3) is 11.3 Å². The topological polar surface area (TPSA) is 142 Å². The van der Waals surface area contributed by atoms with Crippen molar-refractivity contribution < 1.29 is 23.4 Å². The summed E-state index contributed by atoms with van der Waals surface area (Å²) in [7, 11) is 0. The van der Waals surface area contributed by atoms with Crippen molar-refractivity contribution in [1.82, 2.24) is 14.8 Å². The fourth-order valence-electron chi connectivity index (χ4n) is 3.80. The number of carbonyl (C=O) groups is 1. The van der Waals surface area contributed by atoms with Crippen molar-refractivity contribution in [3.05, 3.63) is 64.0 Å². The minimum absolute atomic E-state index is 0.255. The molecule has 2 unspecified atom stereocenters. The van der Waals surface area contributed by atoms with E-state index in [0.29, 0.717) is 40.7 Å². The highest BCUT2D eigenvalue weighted by atomic mass is 79.9. The monoisotopic (exact) mass is 531 g/mol. The van der Waals surface area contributed by atoms with Crippen LogP contribution in [0.15, 0.2) is 47.2 Å². The molecule has 0 spiro atoms. The van der Waals surface area contributed by atoms with Gasteiger partial charge in [-0.2, -0.15) is 10.4 Å². The Bertz CT molecular complexity index is 1260. The van der Waals surface area contributed by atoms with Gasteiger partial charge in [0.05, 0.1) is 40.2 Å². The van der Waals surface area contributed by atoms with Gasteiger partial charge in [-0.05, 0) is 65.5 Å². The quantitative estimate of drug-likeness (QED) is 0.438. The lowest BCUT2D eigenvalue weighted by atomic mass is 9.92. The zero-order valence-electron chi connectivity index (χ0n) is 17.1. The van der Waals surface area contributed by atoms with E-state index in [4.69, 9.17) is 15.1 Å². The molecule has 2 atom stereocenters. The van der Waals surface area contributed by atoms with Crippen LogP contribution in [0.1, 0.15) is 35.7 Å². The largest absolute Gasteiger partial charge is 0.480 e. The third-order valence-electron chi connectivity index (χ3n) is 5.21. The van der Waals surface area contributed by atoms with E-state index in [2.05, 4.69) is 26.0 Å². The number of ether oxygens (including phenoxy) is 1. The first-order valence-corrected chi connectivity index (χ1v) is 11.7. The van der Waals surface area contributed by atoms with Crippen molar-refractivity contribution in [2.75, 3.05) is 4.31 Å². The minimum Gasteiger partial charge on any atom is -0.480 e. The molecule has 0 amide bonds. The third-order valence-corrected chi connectivity index (χ3v) is 6.58. The smallest absolute Gasteiger partial charge is 0.325 e. The van der Waals surface area contributed by atoms with E-state index in [-0.39, 0.29) is 12.4 Å². The molecule has 2 N–H and O–H groups in total. The Morgan fingerprint density at radius 3 is 2.76 bits per heavy atom. The van der Waals surface area contributed by atoms with E-state index in [1.165, 1.54) is 15.2 Å². The molecule has 0 radical (unpaired) electrons. The summed E-state index contributed by atoms with van der Waals surface area (Å²) in [5.74, 6) is -0.261. The van der Waals surface area contributed by atoms with Crippen molar-refractivity contribution in [2.45, 2.75) is 31.8 Å². The van der Waals surface area contributed by atoms with Crippen molar-refractivity contribution in [3.8, 4) is 17.7 Å². The first kappa shape index (κ1) is 22.9. The van der Waals surface area contributed by atoms with Gasteiger partial charge >= 0.3 is 5.97 Å². The maximum absolute atomic E-state index is 12.4. The Morgan fingerprint density at radius 1 is 1.36 bits per heavy atom. The van der Waals surface area contributed by atoms with E-state index >= 15 is 0 Å². The predicted octanol–water partition coefficient (Wildman–Crippen LogP) is 3.81. The molecular formula is C21H18BrN5O5S. The van der Waals surface area contributed by atoms with Crippen LogP contribution in [0.4, 0.5) is 5.69 Å². The van der Waals surface area contributed by atoms with Crippen molar-refractivity contribution in [1.29, 1.82) is 5.26 Å². The zero-order valence-corrected chi connectivity index (χ0v) is 19.5. The highest BCUT2D eigenvalue weighted by Gasteiger charge is 2.33. The lowest BCUT2D eigenvalue weighted by molar-refractivity contribution is -0.137. The summed E-state index contributed by atoms with van der Waals surface area (Å²) in [5, 5.41) is 22.2. The average Bonchev–Trinajstić information content (AvgIpc) is 3.19. The van der Waals surface area contributed by atoms with Gasteiger partial charge in [-0.15, -0.1) is 0 Å². The van der Waals surface area contributed by atoms with Crippen molar-refractivity contribution in [2.24, 2.45) is 0 Å². The molecule has 2 heterocycles. The number of rotatable bonds is 7. The SMILES string of the molecule is N#Cc1ccc(Oc2ncc(N(C3CCCc4c3cnn4CC(=O)O)S(=O)O)cc2Br)cc1. The Balaban J connectivity index is 1.62. The van der Waals surface area contributed by atoms with Gasteiger partial charge in [0.15, 0.2) is 0 Å². The second-order valence-electron chi connectivity index (χ2n) is 7.28. The van der Waals surface area contributed by atoms with Crippen molar-refractivity contribution >= 4 is 38.9 Å². The van der Waals surface area contributed by atoms with E-state index in [9.17, 15) is 13.6 Å². The first-order valence-electron chi connectivity index (χ1n) is 9.87. The molecule has 0 saturated carbocycles. The normalized spacial score (nSPS) is 15.8. The number of halogens is 1. The molecule has 3 aromatic rings. The van der Waals surface area contributed by atoms with E-state index in [0.717, 1.165) is 11.3 Å². The van der Waals surface area contributed by atoms with Crippen LogP contribution in [0.5, 0.6) is 11.6 Å². The van der Waals surface area contributed by atoms with Gasteiger partial charge in [0, 0.05) is 11.3 Å². The van der Waals surface area contributed by atoms with Gasteiger partial charge in [0.1, 0.15) is 12.3 Å². The fraction of sp³-hybridized carbons (Fsp3) is 0.238. The highest BCUT2D eigenvalue weighted by Crippen LogP contribution is 2.39. The third kappa shape index (κ3) is 4.90. The van der Waals surface area contributed by atoms with Crippen LogP contribution < -0.4 is 9.04 Å². The number of hydrogen-bond acceptors (Lipinski definition) is 6. The molecule has 0 aliphatic heterocycles. The molecule has 12 heteroatoms. The number of aliphatic carboxylic acids is 1. The Morgan fingerprint density at radius 2 is 2.12 bits per heavy atom. The average molecular weight is 532 g/mol. The van der Waals surface area contributed by atoms with Gasteiger partial charge in [-0.25, -0.2) is 9.19 Å². The maximum Gasteiger partial charge on any atom is 0.325 e. The molecule has 1 aliphatic carbocycles. The summed E-state index contributed by atoms with van der Waals surface area (Å²) >= 11 is 1.04. The number of nitrogens with zero attached hydrogens (tertiary/aromatic N) is 5. The van der Waals surface area contributed by atoms with E-state index in [1.807, 2.05) is 6.07 Å². The Kier molecular flexibility index (Phi) is 6.73. The second-order valence-corrected chi connectivity index (χ2v) is 8.99. The van der Waals surface area contributed by atoms with Crippen molar-refractivity contribution in [3.63, 3.8) is 0 Å². The molecule has 2 aromatic heterocycles. The number of aromatic nitrogens is 3. The molecule has 4 rings (SSSR count). The van der Waals surface area contributed by atoms with Crippen LogP contribution in [-0.4, -0.2) is 34.6 Å². The summed E-state index contributed by atoms with van der Waals surface area (Å²) in [6, 6.07) is 9.74. The van der Waals surface area contributed by atoms with Gasteiger partial charge in [-0.3, -0.25) is 18.3 Å². The molecule has 1 aromatic carbocycles. The van der Waals surface area contributed by atoms with Gasteiger partial charge in [0.2, 0.25) is 5.88 Å². The molecule has 10 nitrogen and oxygen atoms in total. The van der Waals surface area contributed by atoms with Gasteiger partial charge < -0.3 is 9.84 Å².